The Hall–Kier alpha value is -3.59. The number of ether oxygens (including phenoxy) is 3. The van der Waals surface area contributed by atoms with Crippen LogP contribution in [-0.2, 0) is 21.6 Å². The van der Waals surface area contributed by atoms with Crippen LogP contribution in [0.4, 0.5) is 0 Å². The van der Waals surface area contributed by atoms with E-state index in [9.17, 15) is 15.0 Å². The zero-order valence-electron chi connectivity index (χ0n) is 20.2. The number of nitrogens with zero attached hydrogens (tertiary/aromatic N) is 3. The number of hydrogen-bond acceptors (Lipinski definition) is 8. The number of rotatable bonds is 9. The number of fused-ring (bicyclic) bond motifs is 1. The predicted molar refractivity (Wildman–Crippen MR) is 128 cm³/mol. The Balaban J connectivity index is 1.92. The van der Waals surface area contributed by atoms with Crippen LogP contribution in [0, 0.1) is 0 Å². The van der Waals surface area contributed by atoms with Crippen molar-refractivity contribution < 1.29 is 29.2 Å². The van der Waals surface area contributed by atoms with Gasteiger partial charge in [0.15, 0.2) is 0 Å². The maximum absolute atomic E-state index is 11.5. The van der Waals surface area contributed by atoms with E-state index in [2.05, 4.69) is 16.8 Å². The number of phenolic OH excluding ortho intramolecular Hbond substituents is 1. The molecule has 1 heterocycles. The lowest BCUT2D eigenvalue weighted by molar-refractivity contribution is -0.139. The molecule has 1 aromatic heterocycles. The third kappa shape index (κ3) is 5.48. The van der Waals surface area contributed by atoms with Gasteiger partial charge in [0.2, 0.25) is 0 Å². The van der Waals surface area contributed by atoms with Gasteiger partial charge in [0.1, 0.15) is 34.0 Å². The highest BCUT2D eigenvalue weighted by Gasteiger charge is 2.24. The minimum absolute atomic E-state index is 0.0462. The number of carbonyl (C=O) groups is 1. The van der Waals surface area contributed by atoms with E-state index in [4.69, 9.17) is 14.2 Å². The van der Waals surface area contributed by atoms with Crippen LogP contribution in [0.25, 0.3) is 16.7 Å². The molecule has 182 valence electrons. The lowest BCUT2D eigenvalue weighted by Gasteiger charge is -2.23. The number of aromatic nitrogens is 3. The maximum Gasteiger partial charge on any atom is 0.333 e. The summed E-state index contributed by atoms with van der Waals surface area (Å²) in [6.07, 6.45) is 0.494. The van der Waals surface area contributed by atoms with Crippen molar-refractivity contribution in [3.8, 4) is 22.9 Å². The van der Waals surface area contributed by atoms with Gasteiger partial charge in [-0.1, -0.05) is 27.4 Å². The van der Waals surface area contributed by atoms with Crippen molar-refractivity contribution in [1.82, 2.24) is 15.0 Å². The fourth-order valence-corrected chi connectivity index (χ4v) is 3.35. The summed E-state index contributed by atoms with van der Waals surface area (Å²) in [4.78, 5) is 12.8. The van der Waals surface area contributed by atoms with Crippen LogP contribution in [-0.4, -0.2) is 51.5 Å². The second-order valence-electron chi connectivity index (χ2n) is 9.01. The molecule has 0 unspecified atom stereocenters. The van der Waals surface area contributed by atoms with Gasteiger partial charge in [-0.2, -0.15) is 0 Å². The minimum atomic E-state index is -0.431. The summed E-state index contributed by atoms with van der Waals surface area (Å²) >= 11 is 0. The number of esters is 1. The molecule has 0 atom stereocenters. The quantitative estimate of drug-likeness (QED) is 0.276. The molecule has 9 nitrogen and oxygen atoms in total. The highest BCUT2D eigenvalue weighted by Crippen LogP contribution is 2.38. The van der Waals surface area contributed by atoms with Crippen LogP contribution in [0.1, 0.15) is 45.2 Å². The first-order valence-corrected chi connectivity index (χ1v) is 10.9. The van der Waals surface area contributed by atoms with Crippen molar-refractivity contribution in [2.24, 2.45) is 0 Å². The molecule has 0 fully saturated rings. The number of aliphatic hydroxyl groups excluding tert-OH is 1. The van der Waals surface area contributed by atoms with Crippen LogP contribution in [0.2, 0.25) is 0 Å². The smallest absolute Gasteiger partial charge is 0.333 e. The van der Waals surface area contributed by atoms with Gasteiger partial charge >= 0.3 is 5.97 Å². The number of hydrogen-bond donors (Lipinski definition) is 2. The molecule has 3 aromatic rings. The third-order valence-electron chi connectivity index (χ3n) is 5.18. The molecule has 2 aromatic carbocycles. The predicted octanol–water partition coefficient (Wildman–Crippen LogP) is 3.81. The van der Waals surface area contributed by atoms with Crippen LogP contribution in [0.15, 0.2) is 36.4 Å². The third-order valence-corrected chi connectivity index (χ3v) is 5.18. The number of phenols is 1. The Kier molecular flexibility index (Phi) is 7.46. The van der Waals surface area contributed by atoms with Crippen molar-refractivity contribution in [1.29, 1.82) is 0 Å². The van der Waals surface area contributed by atoms with E-state index in [1.165, 1.54) is 11.9 Å². The van der Waals surface area contributed by atoms with Gasteiger partial charge in [-0.25, -0.2) is 4.79 Å². The molecular formula is C25H31N3O6. The topological polar surface area (TPSA) is 116 Å². The normalized spacial score (nSPS) is 11.5. The first-order chi connectivity index (χ1) is 16.0. The first-order valence-electron chi connectivity index (χ1n) is 10.9. The summed E-state index contributed by atoms with van der Waals surface area (Å²) in [5, 5.41) is 29.7. The highest BCUT2D eigenvalue weighted by atomic mass is 16.5. The van der Waals surface area contributed by atoms with E-state index in [0.717, 1.165) is 0 Å². The molecule has 0 aliphatic rings. The Labute approximate surface area is 198 Å². The first kappa shape index (κ1) is 25.0. The zero-order valence-corrected chi connectivity index (χ0v) is 20.2. The SMILES string of the molecule is C=C(C)C(=O)OCCCOc1cc(-n2nc3cc(CO)c(OC)cc3n2)c(O)c(C(C)(C)C)c1. The summed E-state index contributed by atoms with van der Waals surface area (Å²) in [7, 11) is 1.52. The van der Waals surface area contributed by atoms with Gasteiger partial charge < -0.3 is 24.4 Å². The molecule has 0 aliphatic heterocycles. The Morgan fingerprint density at radius 2 is 1.79 bits per heavy atom. The average Bonchev–Trinajstić information content (AvgIpc) is 3.20. The van der Waals surface area contributed by atoms with Gasteiger partial charge in [-0.05, 0) is 24.5 Å². The van der Waals surface area contributed by atoms with Gasteiger partial charge in [0.25, 0.3) is 0 Å². The number of aromatic hydroxyl groups is 1. The summed E-state index contributed by atoms with van der Waals surface area (Å²) in [5.74, 6) is 0.648. The second-order valence-corrected chi connectivity index (χ2v) is 9.01. The Morgan fingerprint density at radius 1 is 1.12 bits per heavy atom. The largest absolute Gasteiger partial charge is 0.505 e. The molecule has 0 bridgehead atoms. The molecule has 2 N–H and O–H groups in total. The molecule has 9 heteroatoms. The van der Waals surface area contributed by atoms with Crippen molar-refractivity contribution in [2.75, 3.05) is 20.3 Å². The fourth-order valence-electron chi connectivity index (χ4n) is 3.35. The monoisotopic (exact) mass is 469 g/mol. The minimum Gasteiger partial charge on any atom is -0.505 e. The average molecular weight is 470 g/mol. The lowest BCUT2D eigenvalue weighted by Crippen LogP contribution is -2.14. The Bertz CT molecular complexity index is 1170. The molecule has 3 rings (SSSR count). The molecule has 0 saturated heterocycles. The van der Waals surface area contributed by atoms with Crippen molar-refractivity contribution >= 4 is 17.0 Å². The van der Waals surface area contributed by atoms with E-state index in [1.54, 1.807) is 31.2 Å². The molecule has 0 aliphatic carbocycles. The van der Waals surface area contributed by atoms with Crippen molar-refractivity contribution in [3.63, 3.8) is 0 Å². The molecule has 0 spiro atoms. The van der Waals surface area contributed by atoms with E-state index < -0.39 is 5.97 Å². The van der Waals surface area contributed by atoms with Gasteiger partial charge in [0, 0.05) is 35.3 Å². The van der Waals surface area contributed by atoms with E-state index in [-0.39, 0.29) is 24.4 Å². The van der Waals surface area contributed by atoms with E-state index in [1.807, 2.05) is 20.8 Å². The number of methoxy groups -OCH3 is 1. The van der Waals surface area contributed by atoms with E-state index >= 15 is 0 Å². The number of benzene rings is 2. The van der Waals surface area contributed by atoms with Gasteiger partial charge in [0.05, 0.1) is 26.9 Å². The molecule has 0 radical (unpaired) electrons. The van der Waals surface area contributed by atoms with Gasteiger partial charge in [-0.15, -0.1) is 15.0 Å². The maximum atomic E-state index is 11.5. The van der Waals surface area contributed by atoms with E-state index in [0.29, 0.717) is 57.9 Å². The highest BCUT2D eigenvalue weighted by molar-refractivity contribution is 5.86. The summed E-state index contributed by atoms with van der Waals surface area (Å²) < 4.78 is 16.3. The molecule has 0 amide bonds. The van der Waals surface area contributed by atoms with Crippen LogP contribution in [0.3, 0.4) is 0 Å². The van der Waals surface area contributed by atoms with Crippen LogP contribution >= 0.6 is 0 Å². The number of carbonyl (C=O) groups excluding carboxylic acids is 1. The van der Waals surface area contributed by atoms with Crippen molar-refractivity contribution in [2.45, 2.75) is 46.1 Å². The van der Waals surface area contributed by atoms with Crippen LogP contribution in [0.5, 0.6) is 17.2 Å². The molecular weight excluding hydrogens is 438 g/mol. The molecule has 34 heavy (non-hydrogen) atoms. The summed E-state index contributed by atoms with van der Waals surface area (Å²) in [5.41, 5.74) is 2.69. The summed E-state index contributed by atoms with van der Waals surface area (Å²) in [6.45, 7) is 11.4. The second kappa shape index (κ2) is 10.1. The summed E-state index contributed by atoms with van der Waals surface area (Å²) in [6, 6.07) is 6.84. The zero-order chi connectivity index (χ0) is 25.0. The molecule has 0 saturated carbocycles. The van der Waals surface area contributed by atoms with Crippen LogP contribution < -0.4 is 9.47 Å². The fraction of sp³-hybridized carbons (Fsp3) is 0.400. The lowest BCUT2D eigenvalue weighted by atomic mass is 9.86. The van der Waals surface area contributed by atoms with Crippen molar-refractivity contribution in [3.05, 3.63) is 47.5 Å². The number of aliphatic hydroxyl groups is 1. The Morgan fingerprint density at radius 3 is 2.38 bits per heavy atom. The standard InChI is InChI=1S/C25H31N3O6/c1-15(2)24(31)34-9-7-8-33-17-11-18(25(3,4)5)23(30)21(12-17)28-26-19-10-16(14-29)22(32-6)13-20(19)27-28/h10-13,29-30H,1,7-9,14H2,2-6H3. The van der Waals surface area contributed by atoms with Gasteiger partial charge in [-0.3, -0.25) is 0 Å².